The molecule has 1 aliphatic rings. The Balaban J connectivity index is 1.93. The lowest BCUT2D eigenvalue weighted by Crippen LogP contribution is -2.37. The van der Waals surface area contributed by atoms with E-state index in [9.17, 15) is 14.7 Å². The minimum absolute atomic E-state index is 0.0488. The van der Waals surface area contributed by atoms with Gasteiger partial charge in [0.2, 0.25) is 5.91 Å². The number of aromatic carboxylic acids is 1. The molecule has 6 heteroatoms. The van der Waals surface area contributed by atoms with Crippen LogP contribution >= 0.6 is 11.6 Å². The molecule has 32 heavy (non-hydrogen) atoms. The molecule has 3 aromatic carbocycles. The van der Waals surface area contributed by atoms with Crippen LogP contribution in [0.4, 0.5) is 15.8 Å². The summed E-state index contributed by atoms with van der Waals surface area (Å²) in [4.78, 5) is 26.6. The molecule has 0 saturated heterocycles. The first-order chi connectivity index (χ1) is 15.0. The molecule has 0 fully saturated rings. The van der Waals surface area contributed by atoms with Gasteiger partial charge in [-0.3, -0.25) is 9.69 Å². The van der Waals surface area contributed by atoms with Gasteiger partial charge in [0, 0.05) is 5.02 Å². The predicted octanol–water partition coefficient (Wildman–Crippen LogP) is 6.46. The number of hydrogen-bond acceptors (Lipinski definition) is 2. The molecule has 164 valence electrons. The molecule has 0 aromatic heterocycles. The van der Waals surface area contributed by atoms with Crippen LogP contribution in [-0.2, 0) is 15.6 Å². The van der Waals surface area contributed by atoms with Gasteiger partial charge in [-0.25, -0.2) is 9.18 Å². The van der Waals surface area contributed by atoms with Crippen molar-refractivity contribution in [3.8, 4) is 0 Å². The third-order valence-electron chi connectivity index (χ3n) is 6.15. The smallest absolute Gasteiger partial charge is 0.338 e. The van der Waals surface area contributed by atoms with Gasteiger partial charge in [-0.15, -0.1) is 0 Å². The molecule has 0 radical (unpaired) electrons. The van der Waals surface area contributed by atoms with Crippen molar-refractivity contribution < 1.29 is 19.1 Å². The molecule has 0 saturated carbocycles. The van der Waals surface area contributed by atoms with Gasteiger partial charge in [-0.2, -0.15) is 0 Å². The van der Waals surface area contributed by atoms with Crippen LogP contribution in [-0.4, -0.2) is 17.0 Å². The minimum atomic E-state index is -1.40. The standard InChI is InChI=1S/C26H23ClFNO3/c1-25(2,3)15-8-10-16(11-9-15)26(4)19-14-17(27)12-13-20(19)29(24(26)32)21-7-5-6-18(22(21)28)23(30)31/h5-14H,1-4H3,(H,30,31). The second-order valence-electron chi connectivity index (χ2n) is 9.20. The van der Waals surface area contributed by atoms with E-state index >= 15 is 4.39 Å². The summed E-state index contributed by atoms with van der Waals surface area (Å²) in [5.74, 6) is -2.73. The number of amides is 1. The number of carboxylic acid groups (broad SMARTS) is 1. The summed E-state index contributed by atoms with van der Waals surface area (Å²) in [5.41, 5.74) is 1.22. The fourth-order valence-electron chi connectivity index (χ4n) is 4.23. The molecule has 0 bridgehead atoms. The third kappa shape index (κ3) is 3.28. The van der Waals surface area contributed by atoms with E-state index in [1.54, 1.807) is 25.1 Å². The summed E-state index contributed by atoms with van der Waals surface area (Å²) in [6.45, 7) is 8.12. The van der Waals surface area contributed by atoms with Crippen molar-refractivity contribution in [2.24, 2.45) is 0 Å². The second kappa shape index (κ2) is 7.45. The molecular formula is C26H23ClFNO3. The number of fused-ring (bicyclic) bond motifs is 1. The van der Waals surface area contributed by atoms with Gasteiger partial charge in [-0.1, -0.05) is 62.7 Å². The van der Waals surface area contributed by atoms with Gasteiger partial charge < -0.3 is 5.11 Å². The molecule has 1 aliphatic heterocycles. The van der Waals surface area contributed by atoms with E-state index in [4.69, 9.17) is 11.6 Å². The Bertz CT molecular complexity index is 1250. The van der Waals surface area contributed by atoms with Crippen LogP contribution in [0.5, 0.6) is 0 Å². The average Bonchev–Trinajstić information content (AvgIpc) is 2.95. The molecule has 1 N–H and O–H groups in total. The quantitative estimate of drug-likeness (QED) is 0.497. The molecule has 4 rings (SSSR count). The van der Waals surface area contributed by atoms with E-state index in [1.165, 1.54) is 23.1 Å². The highest BCUT2D eigenvalue weighted by atomic mass is 35.5. The van der Waals surface area contributed by atoms with Crippen LogP contribution in [0.15, 0.2) is 60.7 Å². The SMILES string of the molecule is CC(C)(C)c1ccc(C2(C)C(=O)N(c3cccc(C(=O)O)c3F)c3ccc(Cl)cc32)cc1. The number of carboxylic acids is 1. The highest BCUT2D eigenvalue weighted by Crippen LogP contribution is 2.50. The number of rotatable bonds is 3. The molecule has 4 nitrogen and oxygen atoms in total. The van der Waals surface area contributed by atoms with Crippen LogP contribution in [0.2, 0.25) is 5.02 Å². The van der Waals surface area contributed by atoms with Gasteiger partial charge in [0.05, 0.1) is 22.4 Å². The van der Waals surface area contributed by atoms with Crippen molar-refractivity contribution in [3.05, 3.63) is 93.8 Å². The molecule has 1 atom stereocenters. The van der Waals surface area contributed by atoms with Gasteiger partial charge in [0.1, 0.15) is 0 Å². The first kappa shape index (κ1) is 22.0. The number of hydrogen-bond donors (Lipinski definition) is 1. The Morgan fingerprint density at radius 2 is 1.69 bits per heavy atom. The van der Waals surface area contributed by atoms with E-state index in [2.05, 4.69) is 20.8 Å². The van der Waals surface area contributed by atoms with E-state index < -0.39 is 22.8 Å². The van der Waals surface area contributed by atoms with Gasteiger partial charge in [-0.05, 0) is 59.4 Å². The monoisotopic (exact) mass is 451 g/mol. The Morgan fingerprint density at radius 3 is 2.28 bits per heavy atom. The zero-order valence-electron chi connectivity index (χ0n) is 18.2. The highest BCUT2D eigenvalue weighted by Gasteiger charge is 2.50. The van der Waals surface area contributed by atoms with Crippen LogP contribution in [0, 0.1) is 5.82 Å². The zero-order chi connectivity index (χ0) is 23.4. The van der Waals surface area contributed by atoms with Crippen LogP contribution in [0.3, 0.4) is 0 Å². The lowest BCUT2D eigenvalue weighted by atomic mass is 9.76. The highest BCUT2D eigenvalue weighted by molar-refractivity contribution is 6.31. The van der Waals surface area contributed by atoms with E-state index in [-0.39, 0.29) is 17.0 Å². The second-order valence-corrected chi connectivity index (χ2v) is 9.63. The number of benzene rings is 3. The van der Waals surface area contributed by atoms with Crippen molar-refractivity contribution in [2.75, 3.05) is 4.90 Å². The number of halogens is 2. The topological polar surface area (TPSA) is 57.6 Å². The molecular weight excluding hydrogens is 429 g/mol. The maximum Gasteiger partial charge on any atom is 0.338 e. The summed E-state index contributed by atoms with van der Waals surface area (Å²) in [7, 11) is 0. The molecule has 3 aromatic rings. The third-order valence-corrected chi connectivity index (χ3v) is 6.38. The van der Waals surface area contributed by atoms with Gasteiger partial charge >= 0.3 is 5.97 Å². The van der Waals surface area contributed by atoms with Crippen molar-refractivity contribution in [1.82, 2.24) is 0 Å². The largest absolute Gasteiger partial charge is 0.478 e. The molecule has 1 amide bonds. The van der Waals surface area contributed by atoms with Crippen LogP contribution < -0.4 is 4.90 Å². The van der Waals surface area contributed by atoms with Gasteiger partial charge in [0.25, 0.3) is 0 Å². The number of nitrogens with zero attached hydrogens (tertiary/aromatic N) is 1. The molecule has 0 spiro atoms. The lowest BCUT2D eigenvalue weighted by Gasteiger charge is -2.27. The minimum Gasteiger partial charge on any atom is -0.478 e. The predicted molar refractivity (Wildman–Crippen MR) is 124 cm³/mol. The summed E-state index contributed by atoms with van der Waals surface area (Å²) in [5, 5.41) is 9.80. The average molecular weight is 452 g/mol. The normalized spacial score (nSPS) is 18.1. The first-order valence-corrected chi connectivity index (χ1v) is 10.6. The lowest BCUT2D eigenvalue weighted by molar-refractivity contribution is -0.120. The Labute approximate surface area is 191 Å². The summed E-state index contributed by atoms with van der Waals surface area (Å²) >= 11 is 6.28. The van der Waals surface area contributed by atoms with E-state index in [0.717, 1.165) is 11.1 Å². The number of anilines is 2. The van der Waals surface area contributed by atoms with E-state index in [1.807, 2.05) is 24.3 Å². The van der Waals surface area contributed by atoms with Crippen molar-refractivity contribution in [2.45, 2.75) is 38.5 Å². The van der Waals surface area contributed by atoms with Crippen molar-refractivity contribution in [1.29, 1.82) is 0 Å². The summed E-state index contributed by atoms with van der Waals surface area (Å²) in [6, 6.07) is 16.8. The Hall–Kier alpha value is -3.18. The number of carbonyl (C=O) groups excluding carboxylic acids is 1. The molecule has 1 heterocycles. The van der Waals surface area contributed by atoms with Crippen LogP contribution in [0.25, 0.3) is 0 Å². The zero-order valence-corrected chi connectivity index (χ0v) is 19.0. The summed E-state index contributed by atoms with van der Waals surface area (Å²) < 4.78 is 15.2. The molecule has 0 aliphatic carbocycles. The fourth-order valence-corrected chi connectivity index (χ4v) is 4.40. The maximum atomic E-state index is 15.2. The number of carbonyl (C=O) groups is 2. The van der Waals surface area contributed by atoms with Crippen LogP contribution in [0.1, 0.15) is 54.7 Å². The fraction of sp³-hybridized carbons (Fsp3) is 0.231. The first-order valence-electron chi connectivity index (χ1n) is 10.2. The molecule has 1 unspecified atom stereocenters. The maximum absolute atomic E-state index is 15.2. The Morgan fingerprint density at radius 1 is 1.03 bits per heavy atom. The Kier molecular flexibility index (Phi) is 5.13. The van der Waals surface area contributed by atoms with Crippen molar-refractivity contribution >= 4 is 34.9 Å². The summed E-state index contributed by atoms with van der Waals surface area (Å²) in [6.07, 6.45) is 0. The van der Waals surface area contributed by atoms with Gasteiger partial charge in [0.15, 0.2) is 5.82 Å². The van der Waals surface area contributed by atoms with Crippen molar-refractivity contribution in [3.63, 3.8) is 0 Å². The van der Waals surface area contributed by atoms with E-state index in [0.29, 0.717) is 16.3 Å².